The molecule has 0 radical (unpaired) electrons. The van der Waals surface area contributed by atoms with Crippen LogP contribution in [-0.4, -0.2) is 37.3 Å². The summed E-state index contributed by atoms with van der Waals surface area (Å²) in [6, 6.07) is 28.1. The van der Waals surface area contributed by atoms with Crippen LogP contribution in [0.25, 0.3) is 10.9 Å². The van der Waals surface area contributed by atoms with Gasteiger partial charge in [-0.1, -0.05) is 42.5 Å². The van der Waals surface area contributed by atoms with E-state index in [-0.39, 0.29) is 23.0 Å². The molecule has 0 saturated heterocycles. The second-order valence-corrected chi connectivity index (χ2v) is 11.4. The zero-order valence-electron chi connectivity index (χ0n) is 23.5. The number of fused-ring (bicyclic) bond motifs is 1. The first-order chi connectivity index (χ1) is 20.7. The number of carbonyl (C=O) groups excluding carboxylic acids is 1. The number of amides is 1. The van der Waals surface area contributed by atoms with Crippen molar-refractivity contribution in [2.45, 2.75) is 24.3 Å². The minimum Gasteiger partial charge on any atom is -0.497 e. The first kappa shape index (κ1) is 29.4. The largest absolute Gasteiger partial charge is 0.497 e. The number of hydrogen-bond acceptors (Lipinski definition) is 7. The molecular weight excluding hydrogens is 566 g/mol. The van der Waals surface area contributed by atoms with Crippen LogP contribution in [-0.2, 0) is 21.2 Å². The van der Waals surface area contributed by atoms with Gasteiger partial charge in [-0.2, -0.15) is 9.78 Å². The monoisotopic (exact) mass is 595 g/mol. The van der Waals surface area contributed by atoms with Gasteiger partial charge in [0.05, 0.1) is 35.2 Å². The second kappa shape index (κ2) is 12.8. The third kappa shape index (κ3) is 7.03. The first-order valence-electron chi connectivity index (χ1n) is 13.4. The molecule has 10 nitrogen and oxygen atoms in total. The van der Waals surface area contributed by atoms with Crippen molar-refractivity contribution < 1.29 is 17.9 Å². The minimum atomic E-state index is -4.11. The number of nitrogens with zero attached hydrogens (tertiary/aromatic N) is 3. The molecule has 2 N–H and O–H groups in total. The van der Waals surface area contributed by atoms with Gasteiger partial charge in [-0.25, -0.2) is 18.1 Å². The highest BCUT2D eigenvalue weighted by Crippen LogP contribution is 2.23. The maximum absolute atomic E-state index is 13.8. The van der Waals surface area contributed by atoms with Gasteiger partial charge in [-0.15, -0.1) is 0 Å². The van der Waals surface area contributed by atoms with Crippen LogP contribution in [0.4, 0.5) is 5.69 Å². The summed E-state index contributed by atoms with van der Waals surface area (Å²) in [5, 5.41) is 7.45. The van der Waals surface area contributed by atoms with E-state index in [2.05, 4.69) is 15.1 Å². The molecule has 1 atom stereocenters. The first-order valence-corrected chi connectivity index (χ1v) is 14.9. The number of carbonyl (C=O) groups is 1. The number of anilines is 1. The Labute approximate surface area is 248 Å². The molecule has 218 valence electrons. The quantitative estimate of drug-likeness (QED) is 0.229. The molecule has 11 heteroatoms. The van der Waals surface area contributed by atoms with Gasteiger partial charge in [0.1, 0.15) is 5.75 Å². The molecular formula is C32H29N5O5S. The van der Waals surface area contributed by atoms with Gasteiger partial charge in [0.25, 0.3) is 5.56 Å². The number of rotatable bonds is 10. The summed E-state index contributed by atoms with van der Waals surface area (Å²) >= 11 is 0. The van der Waals surface area contributed by atoms with Crippen molar-refractivity contribution in [3.05, 3.63) is 130 Å². The van der Waals surface area contributed by atoms with E-state index in [9.17, 15) is 18.0 Å². The number of benzene rings is 4. The zero-order chi connectivity index (χ0) is 30.4. The van der Waals surface area contributed by atoms with Gasteiger partial charge in [0.2, 0.25) is 15.9 Å². The van der Waals surface area contributed by atoms with E-state index in [1.54, 1.807) is 55.6 Å². The Bertz CT molecular complexity index is 1940. The lowest BCUT2D eigenvalue weighted by atomic mass is 10.1. The molecule has 1 unspecified atom stereocenters. The van der Waals surface area contributed by atoms with E-state index in [0.717, 1.165) is 10.2 Å². The Morgan fingerprint density at radius 3 is 2.30 bits per heavy atom. The predicted octanol–water partition coefficient (Wildman–Crippen LogP) is 4.51. The van der Waals surface area contributed by atoms with Gasteiger partial charge in [0.15, 0.2) is 5.82 Å². The third-order valence-corrected chi connectivity index (χ3v) is 8.08. The van der Waals surface area contributed by atoms with Crippen LogP contribution < -0.4 is 20.3 Å². The van der Waals surface area contributed by atoms with Crippen molar-refractivity contribution >= 4 is 38.7 Å². The van der Waals surface area contributed by atoms with E-state index >= 15 is 0 Å². The third-order valence-electron chi connectivity index (χ3n) is 6.59. The molecule has 0 bridgehead atoms. The van der Waals surface area contributed by atoms with E-state index in [1.807, 2.05) is 30.3 Å². The number of para-hydroxylation sites is 1. The van der Waals surface area contributed by atoms with Crippen LogP contribution in [0.3, 0.4) is 0 Å². The normalized spacial score (nSPS) is 12.3. The number of nitrogens with one attached hydrogen (secondary N) is 2. The molecule has 0 aliphatic heterocycles. The predicted molar refractivity (Wildman–Crippen MR) is 166 cm³/mol. The Balaban J connectivity index is 1.62. The standard InChI is InChI=1S/C32H29N5O5S/c1-22(38)34-25-14-18-27(19-15-25)43(40,41)36-30(20-23-8-4-3-5-9-23)31-35-29-11-7-6-10-28(29)32(39)37(31)33-21-24-12-16-26(42-2)17-13-24/h3-19,21,30,36H,20H2,1-2H3,(H,34,38)/b33-21+. The summed E-state index contributed by atoms with van der Waals surface area (Å²) in [6.07, 6.45) is 1.70. The highest BCUT2D eigenvalue weighted by molar-refractivity contribution is 7.89. The van der Waals surface area contributed by atoms with Crippen molar-refractivity contribution in [1.82, 2.24) is 14.4 Å². The molecule has 0 fully saturated rings. The molecule has 1 amide bonds. The van der Waals surface area contributed by atoms with Gasteiger partial charge < -0.3 is 10.1 Å². The number of hydrogen-bond donors (Lipinski definition) is 2. The van der Waals surface area contributed by atoms with Crippen molar-refractivity contribution in [1.29, 1.82) is 0 Å². The number of methoxy groups -OCH3 is 1. The smallest absolute Gasteiger partial charge is 0.282 e. The highest BCUT2D eigenvalue weighted by Gasteiger charge is 2.27. The average Bonchev–Trinajstić information content (AvgIpc) is 3.01. The van der Waals surface area contributed by atoms with E-state index in [0.29, 0.717) is 27.9 Å². The Hall–Kier alpha value is -5.13. The fourth-order valence-corrected chi connectivity index (χ4v) is 5.70. The Kier molecular flexibility index (Phi) is 8.74. The van der Waals surface area contributed by atoms with Crippen LogP contribution in [0, 0.1) is 0 Å². The molecule has 0 aliphatic carbocycles. The van der Waals surface area contributed by atoms with Crippen LogP contribution in [0.2, 0.25) is 0 Å². The SMILES string of the molecule is COc1ccc(/C=N/n2c(C(Cc3ccccc3)NS(=O)(=O)c3ccc(NC(C)=O)cc3)nc3ccccc3c2=O)cc1. The molecule has 43 heavy (non-hydrogen) atoms. The second-order valence-electron chi connectivity index (χ2n) is 9.69. The number of ether oxygens (including phenoxy) is 1. The molecule has 0 aliphatic rings. The van der Waals surface area contributed by atoms with E-state index < -0.39 is 21.6 Å². The molecule has 0 saturated carbocycles. The van der Waals surface area contributed by atoms with Crippen LogP contribution in [0.1, 0.15) is 29.9 Å². The summed E-state index contributed by atoms with van der Waals surface area (Å²) in [5.74, 6) is 0.521. The van der Waals surface area contributed by atoms with Gasteiger partial charge in [-0.3, -0.25) is 9.59 Å². The van der Waals surface area contributed by atoms with Crippen molar-refractivity contribution in [2.75, 3.05) is 12.4 Å². The van der Waals surface area contributed by atoms with Crippen molar-refractivity contribution in [3.8, 4) is 5.75 Å². The highest BCUT2D eigenvalue weighted by atomic mass is 32.2. The van der Waals surface area contributed by atoms with E-state index in [1.165, 1.54) is 37.4 Å². The molecule has 1 heterocycles. The summed E-state index contributed by atoms with van der Waals surface area (Å²) in [5.41, 5.74) is 1.96. The van der Waals surface area contributed by atoms with Crippen LogP contribution in [0.5, 0.6) is 5.75 Å². The lowest BCUT2D eigenvalue weighted by Gasteiger charge is -2.21. The summed E-state index contributed by atoms with van der Waals surface area (Å²) < 4.78 is 36.5. The lowest BCUT2D eigenvalue weighted by Crippen LogP contribution is -2.35. The maximum atomic E-state index is 13.8. The van der Waals surface area contributed by atoms with Crippen molar-refractivity contribution in [3.63, 3.8) is 0 Å². The molecule has 1 aromatic heterocycles. The summed E-state index contributed by atoms with van der Waals surface area (Å²) in [4.78, 5) is 29.9. The fraction of sp³-hybridized carbons (Fsp3) is 0.125. The number of sulfonamides is 1. The number of aromatic nitrogens is 2. The Morgan fingerprint density at radius 1 is 0.953 bits per heavy atom. The maximum Gasteiger partial charge on any atom is 0.282 e. The molecule has 0 spiro atoms. The minimum absolute atomic E-state index is 0.0175. The van der Waals surface area contributed by atoms with Crippen molar-refractivity contribution in [2.24, 2.45) is 5.10 Å². The molecule has 4 aromatic carbocycles. The zero-order valence-corrected chi connectivity index (χ0v) is 24.3. The topological polar surface area (TPSA) is 132 Å². The Morgan fingerprint density at radius 2 is 1.63 bits per heavy atom. The lowest BCUT2D eigenvalue weighted by molar-refractivity contribution is -0.114. The molecule has 5 aromatic rings. The van der Waals surface area contributed by atoms with Crippen LogP contribution in [0.15, 0.2) is 118 Å². The summed E-state index contributed by atoms with van der Waals surface area (Å²) in [6.45, 7) is 1.37. The molecule has 5 rings (SSSR count). The van der Waals surface area contributed by atoms with Gasteiger partial charge in [0, 0.05) is 12.6 Å². The van der Waals surface area contributed by atoms with E-state index in [4.69, 9.17) is 9.72 Å². The van der Waals surface area contributed by atoms with Gasteiger partial charge >= 0.3 is 0 Å². The summed E-state index contributed by atoms with van der Waals surface area (Å²) in [7, 11) is -2.54. The fourth-order valence-electron chi connectivity index (χ4n) is 4.50. The van der Waals surface area contributed by atoms with Crippen LogP contribution >= 0.6 is 0 Å². The average molecular weight is 596 g/mol. The van der Waals surface area contributed by atoms with Gasteiger partial charge in [-0.05, 0) is 78.2 Å².